The second-order valence-electron chi connectivity index (χ2n) is 11.5. The maximum atomic E-state index is 10.6. The molecule has 0 aliphatic heterocycles. The zero-order valence-corrected chi connectivity index (χ0v) is 28.0. The number of benzene rings is 4. The van der Waals surface area contributed by atoms with E-state index in [-0.39, 0.29) is 23.6 Å². The van der Waals surface area contributed by atoms with E-state index < -0.39 is 0 Å². The third-order valence-corrected chi connectivity index (χ3v) is 8.47. The molecule has 0 aliphatic rings. The molecule has 242 valence electrons. The van der Waals surface area contributed by atoms with Crippen LogP contribution in [0.25, 0.3) is 45.0 Å². The third kappa shape index (κ3) is 6.85. The number of rotatable bonds is 12. The summed E-state index contributed by atoms with van der Waals surface area (Å²) in [6, 6.07) is 33.2. The van der Waals surface area contributed by atoms with Crippen LogP contribution in [0.2, 0.25) is 0 Å². The van der Waals surface area contributed by atoms with Crippen LogP contribution in [0.4, 0.5) is 0 Å². The first-order chi connectivity index (χ1) is 23.2. The molecule has 0 fully saturated rings. The first-order valence-corrected chi connectivity index (χ1v) is 15.8. The Kier molecular flexibility index (Phi) is 10.2. The van der Waals surface area contributed by atoms with Gasteiger partial charge in [0, 0.05) is 17.5 Å². The van der Waals surface area contributed by atoms with E-state index in [4.69, 9.17) is 0 Å². The number of aromatic nitrogens is 10. The van der Waals surface area contributed by atoms with Crippen LogP contribution in [0.3, 0.4) is 0 Å². The van der Waals surface area contributed by atoms with E-state index in [1.54, 1.807) is 0 Å². The third-order valence-electron chi connectivity index (χ3n) is 8.47. The quantitative estimate of drug-likeness (QED) is 0.166. The number of aliphatic hydroxyl groups excluding tert-OH is 1. The fourth-order valence-electron chi connectivity index (χ4n) is 6.08. The number of aromatic amines is 2. The van der Waals surface area contributed by atoms with Gasteiger partial charge in [-0.3, -0.25) is 0 Å². The fraction of sp³-hybridized carbons (Fsp3) is 0.194. The molecule has 4 aromatic carbocycles. The molecule has 3 N–H and O–H groups in total. The normalized spacial score (nSPS) is 11.0. The van der Waals surface area contributed by atoms with Crippen LogP contribution in [0.15, 0.2) is 103 Å². The van der Waals surface area contributed by atoms with E-state index in [0.717, 1.165) is 69.6 Å². The summed E-state index contributed by atoms with van der Waals surface area (Å²) < 4.78 is 4.45. The smallest absolute Gasteiger partial charge is 0.283 e. The Bertz CT molecular complexity index is 2060. The summed E-state index contributed by atoms with van der Waals surface area (Å²) in [6.45, 7) is 3.47. The van der Waals surface area contributed by atoms with Gasteiger partial charge in [-0.2, -0.15) is 10.4 Å². The van der Waals surface area contributed by atoms with Gasteiger partial charge >= 0.3 is 0 Å². The Labute approximate surface area is 288 Å². The number of H-pyrrole nitrogens is 2. The van der Waals surface area contributed by atoms with Gasteiger partial charge in [0.2, 0.25) is 11.6 Å². The van der Waals surface area contributed by atoms with E-state index in [1.807, 2.05) is 36.4 Å². The molecular weight excluding hydrogens is 668 g/mol. The molecule has 11 nitrogen and oxygen atoms in total. The summed E-state index contributed by atoms with van der Waals surface area (Å²) in [5, 5.41) is 39.9. The molecule has 0 amide bonds. The van der Waals surface area contributed by atoms with Crippen LogP contribution >= 0.6 is 0 Å². The number of nitrogens with one attached hydrogen (secondary N) is 2. The first-order valence-electron chi connectivity index (χ1n) is 15.8. The number of hydrogen-bond donors (Lipinski definition) is 3. The van der Waals surface area contributed by atoms with Crippen LogP contribution in [-0.2, 0) is 26.1 Å². The van der Waals surface area contributed by atoms with Gasteiger partial charge < -0.3 is 22.1 Å². The van der Waals surface area contributed by atoms with Crippen LogP contribution in [0, 0.1) is 0 Å². The molecule has 3 aromatic heterocycles. The highest BCUT2D eigenvalue weighted by Gasteiger charge is 2.23. The highest BCUT2D eigenvalue weighted by molar-refractivity contribution is 5.81. The van der Waals surface area contributed by atoms with E-state index in [9.17, 15) is 5.11 Å². The number of halogens is 1. The van der Waals surface area contributed by atoms with Gasteiger partial charge in [0.1, 0.15) is 31.6 Å². The minimum Gasteiger partial charge on any atom is -1.00 e. The topological polar surface area (TPSA) is 138 Å². The average Bonchev–Trinajstić information content (AvgIpc) is 3.91. The molecule has 0 bridgehead atoms. The van der Waals surface area contributed by atoms with E-state index in [1.165, 1.54) is 5.69 Å². The Morgan fingerprint density at radius 3 is 1.69 bits per heavy atom. The Morgan fingerprint density at radius 1 is 0.688 bits per heavy atom. The van der Waals surface area contributed by atoms with E-state index in [2.05, 4.69) is 124 Å². The molecule has 0 saturated heterocycles. The van der Waals surface area contributed by atoms with Crippen LogP contribution in [-0.4, -0.2) is 50.9 Å². The summed E-state index contributed by atoms with van der Waals surface area (Å²) in [7, 11) is 0. The van der Waals surface area contributed by atoms with Crippen LogP contribution < -0.4 is 21.5 Å². The summed E-state index contributed by atoms with van der Waals surface area (Å²) >= 11 is 0. The van der Waals surface area contributed by atoms with Crippen molar-refractivity contribution < 1.29 is 26.7 Å². The summed E-state index contributed by atoms with van der Waals surface area (Å²) in [5.41, 5.74) is 9.61. The largest absolute Gasteiger partial charge is 1.00 e. The maximum absolute atomic E-state index is 10.6. The predicted octanol–water partition coefficient (Wildman–Crippen LogP) is 2.41. The van der Waals surface area contributed by atoms with Crippen molar-refractivity contribution in [3.8, 4) is 45.0 Å². The first kappa shape index (κ1) is 32.6. The minimum absolute atomic E-state index is 0. The van der Waals surface area contributed by atoms with Crippen molar-refractivity contribution in [1.82, 2.24) is 45.8 Å². The number of unbranched alkanes of at least 4 members (excludes halogenated alkanes) is 1. The van der Waals surface area contributed by atoms with Gasteiger partial charge in [-0.05, 0) is 50.2 Å². The second kappa shape index (κ2) is 15.1. The van der Waals surface area contributed by atoms with Crippen molar-refractivity contribution in [3.63, 3.8) is 0 Å². The van der Waals surface area contributed by atoms with Gasteiger partial charge in [-0.15, -0.1) is 20.4 Å². The van der Waals surface area contributed by atoms with Crippen LogP contribution in [0.1, 0.15) is 42.4 Å². The van der Waals surface area contributed by atoms with Gasteiger partial charge in [0.25, 0.3) is 5.82 Å². The highest BCUT2D eigenvalue weighted by atomic mass is 79.9. The average molecular weight is 704 g/mol. The number of nitrogens with zero attached hydrogens (tertiary/aromatic N) is 8. The molecular formula is C36H35BrN10O. The fourth-order valence-corrected chi connectivity index (χ4v) is 6.08. The molecule has 0 aliphatic carbocycles. The summed E-state index contributed by atoms with van der Waals surface area (Å²) in [4.78, 5) is 0. The molecule has 7 rings (SSSR count). The molecule has 0 radical (unpaired) electrons. The number of aliphatic hydroxyl groups is 1. The molecule has 48 heavy (non-hydrogen) atoms. The van der Waals surface area contributed by atoms with Gasteiger partial charge in [0.15, 0.2) is 0 Å². The van der Waals surface area contributed by atoms with Crippen molar-refractivity contribution in [1.29, 1.82) is 0 Å². The lowest BCUT2D eigenvalue weighted by molar-refractivity contribution is -0.697. The molecule has 0 spiro atoms. The predicted molar refractivity (Wildman–Crippen MR) is 177 cm³/mol. The lowest BCUT2D eigenvalue weighted by atomic mass is 9.98. The Hall–Kier alpha value is -5.33. The molecule has 12 heteroatoms. The van der Waals surface area contributed by atoms with Gasteiger partial charge in [-0.25, -0.2) is 9.13 Å². The van der Waals surface area contributed by atoms with Crippen molar-refractivity contribution in [2.75, 3.05) is 0 Å². The van der Waals surface area contributed by atoms with Crippen molar-refractivity contribution in [3.05, 3.63) is 126 Å². The number of imidazole rings is 1. The van der Waals surface area contributed by atoms with Gasteiger partial charge in [0.05, 0.1) is 0 Å². The van der Waals surface area contributed by atoms with Gasteiger partial charge in [-0.1, -0.05) is 110 Å². The zero-order valence-electron chi connectivity index (χ0n) is 26.5. The van der Waals surface area contributed by atoms with Crippen molar-refractivity contribution in [2.24, 2.45) is 0 Å². The molecule has 7 aromatic rings. The van der Waals surface area contributed by atoms with Crippen molar-refractivity contribution in [2.45, 2.75) is 45.9 Å². The second-order valence-corrected chi connectivity index (χ2v) is 11.5. The van der Waals surface area contributed by atoms with E-state index in [0.29, 0.717) is 24.7 Å². The Morgan fingerprint density at radius 2 is 1.21 bits per heavy atom. The molecule has 3 heterocycles. The van der Waals surface area contributed by atoms with Crippen molar-refractivity contribution >= 4 is 0 Å². The maximum Gasteiger partial charge on any atom is 0.283 e. The molecule has 0 unspecified atom stereocenters. The monoisotopic (exact) mass is 702 g/mol. The summed E-state index contributed by atoms with van der Waals surface area (Å²) in [6.07, 6.45) is 5.32. The minimum atomic E-state index is -0.0571. The van der Waals surface area contributed by atoms with Crippen LogP contribution in [0.5, 0.6) is 0 Å². The highest BCUT2D eigenvalue weighted by Crippen LogP contribution is 2.31. The number of hydrogen-bond acceptors (Lipinski definition) is 7. The summed E-state index contributed by atoms with van der Waals surface area (Å²) in [5.74, 6) is 2.02. The number of aryl methyl sites for hydroxylation is 1. The number of tetrazole rings is 2. The zero-order chi connectivity index (χ0) is 32.0. The molecule has 0 saturated carbocycles. The Balaban J connectivity index is 0.00000401. The SMILES string of the molecule is CCCCc1c[n+](Cc2ccc(-c3ccccc3-c3nn[nH]n3)cc2)c(CO)n1Cc1ccc(-c2ccccc2-c2nn[nH]n2)cc1.[Br-]. The lowest BCUT2D eigenvalue weighted by Gasteiger charge is -2.09. The molecule has 0 atom stereocenters. The lowest BCUT2D eigenvalue weighted by Crippen LogP contribution is -3.00. The van der Waals surface area contributed by atoms with E-state index >= 15 is 0 Å². The standard InChI is InChI=1S/C36H35N10O.BrH/c1-2-3-8-29-23-45(21-25-13-17-27(18-14-25)30-9-4-6-11-32(30)35-37-41-42-38-35)34(24-47)46(29)22-26-15-19-28(20-16-26)31-10-5-7-12-33(31)36-39-43-44-40-36;/h4-7,9-20,23,47H,2-3,8,21-22,24H2,1H3,(H,37,38,41,42)(H,39,40,43,44);1H/q+1;/p-1.